The average Bonchev–Trinajstić information content (AvgIpc) is 2.63. The second-order valence-corrected chi connectivity index (χ2v) is 8.11. The molecule has 3 N–H and O–H groups in total. The van der Waals surface area contributed by atoms with Crippen LogP contribution in [0.25, 0.3) is 0 Å². The molecule has 3 atom stereocenters. The highest BCUT2D eigenvalue weighted by Gasteiger charge is 2.38. The fourth-order valence-electron chi connectivity index (χ4n) is 3.75. The molecule has 0 bridgehead atoms. The van der Waals surface area contributed by atoms with Crippen molar-refractivity contribution < 1.29 is 0 Å². The summed E-state index contributed by atoms with van der Waals surface area (Å²) in [5.74, 6) is 0.182. The van der Waals surface area contributed by atoms with Crippen molar-refractivity contribution in [3.05, 3.63) is 69.7 Å². The van der Waals surface area contributed by atoms with E-state index >= 15 is 0 Å². The first-order valence-electron chi connectivity index (χ1n) is 8.71. The molecule has 27 heavy (non-hydrogen) atoms. The molecule has 142 valence electrons. The van der Waals surface area contributed by atoms with E-state index in [2.05, 4.69) is 53.7 Å². The monoisotopic (exact) mass is 420 g/mol. The molecule has 0 amide bonds. The third kappa shape index (κ3) is 4.61. The summed E-state index contributed by atoms with van der Waals surface area (Å²) < 4.78 is 0. The van der Waals surface area contributed by atoms with Crippen LogP contribution in [0.2, 0.25) is 10.0 Å². The van der Waals surface area contributed by atoms with E-state index in [-0.39, 0.29) is 23.1 Å². The molecule has 0 aliphatic carbocycles. The zero-order valence-corrected chi connectivity index (χ0v) is 17.5. The first-order chi connectivity index (χ1) is 12.9. The fraction of sp³-hybridized carbons (Fsp3) is 0.300. The molecule has 2 aromatic rings. The van der Waals surface area contributed by atoms with Crippen LogP contribution in [0, 0.1) is 5.92 Å². The van der Waals surface area contributed by atoms with Crippen LogP contribution in [0.4, 0.5) is 0 Å². The molecule has 4 nitrogen and oxygen atoms in total. The summed E-state index contributed by atoms with van der Waals surface area (Å²) in [4.78, 5) is 2.39. The van der Waals surface area contributed by atoms with E-state index in [9.17, 15) is 0 Å². The summed E-state index contributed by atoms with van der Waals surface area (Å²) in [7, 11) is 2.15. The Hall–Kier alpha value is -1.66. The number of hydrazone groups is 1. The molecule has 2 aromatic carbocycles. The second kappa shape index (κ2) is 8.57. The number of rotatable bonds is 3. The summed E-state index contributed by atoms with van der Waals surface area (Å²) in [5.41, 5.74) is 11.7. The molecular weight excluding hydrogens is 399 g/mol. The van der Waals surface area contributed by atoms with Gasteiger partial charge < -0.3 is 5.73 Å². The van der Waals surface area contributed by atoms with Gasteiger partial charge in [0.05, 0.1) is 0 Å². The maximum absolute atomic E-state index is 6.09. The highest BCUT2D eigenvalue weighted by Crippen LogP contribution is 2.42. The number of benzene rings is 2. The number of nitrogens with zero attached hydrogens (tertiary/aromatic N) is 2. The SMILES string of the molecule is CC1/C(=N/NC(N)=S)CC(c2ccc(Cl)cc2)N(C)C1c1ccc(Cl)cc1. The van der Waals surface area contributed by atoms with Crippen LogP contribution in [0.5, 0.6) is 0 Å². The van der Waals surface area contributed by atoms with E-state index < -0.39 is 0 Å². The van der Waals surface area contributed by atoms with Gasteiger partial charge in [0.25, 0.3) is 0 Å². The average molecular weight is 421 g/mol. The van der Waals surface area contributed by atoms with Gasteiger partial charge in [-0.3, -0.25) is 10.3 Å². The molecule has 0 spiro atoms. The van der Waals surface area contributed by atoms with Crippen molar-refractivity contribution in [3.8, 4) is 0 Å². The Bertz CT molecular complexity index is 836. The number of thiocarbonyl (C=S) groups is 1. The van der Waals surface area contributed by atoms with E-state index in [1.807, 2.05) is 24.3 Å². The van der Waals surface area contributed by atoms with E-state index in [1.165, 1.54) is 11.1 Å². The maximum atomic E-state index is 6.09. The van der Waals surface area contributed by atoms with Gasteiger partial charge in [0.2, 0.25) is 0 Å². The molecule has 1 aliphatic rings. The Morgan fingerprint density at radius 1 is 1.07 bits per heavy atom. The van der Waals surface area contributed by atoms with Gasteiger partial charge in [-0.05, 0) is 54.7 Å². The molecule has 3 rings (SSSR count). The molecular formula is C20H22Cl2N4S. The van der Waals surface area contributed by atoms with Crippen LogP contribution in [0.15, 0.2) is 53.6 Å². The van der Waals surface area contributed by atoms with Crippen LogP contribution < -0.4 is 11.2 Å². The number of hydrogen-bond donors (Lipinski definition) is 2. The zero-order chi connectivity index (χ0) is 19.6. The van der Waals surface area contributed by atoms with Crippen molar-refractivity contribution >= 4 is 46.2 Å². The van der Waals surface area contributed by atoms with Gasteiger partial charge in [-0.25, -0.2) is 0 Å². The third-order valence-electron chi connectivity index (χ3n) is 5.11. The number of hydrogen-bond acceptors (Lipinski definition) is 3. The molecule has 1 heterocycles. The largest absolute Gasteiger partial charge is 0.375 e. The van der Waals surface area contributed by atoms with E-state index in [1.54, 1.807) is 0 Å². The van der Waals surface area contributed by atoms with E-state index in [0.717, 1.165) is 22.2 Å². The predicted octanol–water partition coefficient (Wildman–Crippen LogP) is 4.94. The van der Waals surface area contributed by atoms with Gasteiger partial charge in [0.15, 0.2) is 5.11 Å². The summed E-state index contributed by atoms with van der Waals surface area (Å²) in [6.07, 6.45) is 0.777. The van der Waals surface area contributed by atoms with Crippen LogP contribution in [0.3, 0.4) is 0 Å². The lowest BCUT2D eigenvalue weighted by Crippen LogP contribution is -2.43. The molecule has 3 unspecified atom stereocenters. The number of piperidine rings is 1. The zero-order valence-electron chi connectivity index (χ0n) is 15.2. The smallest absolute Gasteiger partial charge is 0.184 e. The molecule has 1 aliphatic heterocycles. The molecule has 0 aromatic heterocycles. The van der Waals surface area contributed by atoms with Gasteiger partial charge in [-0.2, -0.15) is 5.10 Å². The van der Waals surface area contributed by atoms with Crippen LogP contribution in [-0.2, 0) is 0 Å². The van der Waals surface area contributed by atoms with Crippen LogP contribution >= 0.6 is 35.4 Å². The first kappa shape index (κ1) is 20.1. The highest BCUT2D eigenvalue weighted by atomic mass is 35.5. The molecule has 1 saturated heterocycles. The van der Waals surface area contributed by atoms with Gasteiger partial charge in [0, 0.05) is 40.2 Å². The maximum Gasteiger partial charge on any atom is 0.184 e. The lowest BCUT2D eigenvalue weighted by Gasteiger charge is -2.44. The Balaban J connectivity index is 2.01. The summed E-state index contributed by atoms with van der Waals surface area (Å²) in [6.45, 7) is 2.17. The van der Waals surface area contributed by atoms with E-state index in [0.29, 0.717) is 0 Å². The summed E-state index contributed by atoms with van der Waals surface area (Å²) in [5, 5.41) is 6.12. The fourth-order valence-corrected chi connectivity index (χ4v) is 4.05. The minimum atomic E-state index is 0.142. The summed E-state index contributed by atoms with van der Waals surface area (Å²) in [6, 6.07) is 16.3. The second-order valence-electron chi connectivity index (χ2n) is 6.80. The quantitative estimate of drug-likeness (QED) is 0.545. The van der Waals surface area contributed by atoms with Gasteiger partial charge >= 0.3 is 0 Å². The molecule has 7 heteroatoms. The van der Waals surface area contributed by atoms with E-state index in [4.69, 9.17) is 41.2 Å². The highest BCUT2D eigenvalue weighted by molar-refractivity contribution is 7.80. The van der Waals surface area contributed by atoms with Crippen molar-refractivity contribution in [2.75, 3.05) is 7.05 Å². The first-order valence-corrected chi connectivity index (χ1v) is 9.88. The van der Waals surface area contributed by atoms with Gasteiger partial charge in [-0.15, -0.1) is 0 Å². The molecule has 0 radical (unpaired) electrons. The minimum absolute atomic E-state index is 0.142. The standard InChI is InChI=1S/C20H22Cl2N4S/c1-12-17(24-25-20(23)27)11-18(13-3-7-15(21)8-4-13)26(2)19(12)14-5-9-16(22)10-6-14/h3-10,12,18-19H,11H2,1-2H3,(H3,23,25,27)/b24-17+. The van der Waals surface area contributed by atoms with Crippen molar-refractivity contribution in [1.29, 1.82) is 0 Å². The number of likely N-dealkylation sites (tertiary alicyclic amines) is 1. The van der Waals surface area contributed by atoms with Crippen molar-refractivity contribution in [1.82, 2.24) is 10.3 Å². The predicted molar refractivity (Wildman–Crippen MR) is 117 cm³/mol. The van der Waals surface area contributed by atoms with Crippen molar-refractivity contribution in [2.45, 2.75) is 25.4 Å². The van der Waals surface area contributed by atoms with Crippen molar-refractivity contribution in [3.63, 3.8) is 0 Å². The lowest BCUT2D eigenvalue weighted by atomic mass is 9.80. The number of nitrogens with two attached hydrogens (primary N) is 1. The summed E-state index contributed by atoms with van der Waals surface area (Å²) >= 11 is 17.1. The Morgan fingerprint density at radius 3 is 2.11 bits per heavy atom. The minimum Gasteiger partial charge on any atom is -0.375 e. The van der Waals surface area contributed by atoms with Crippen LogP contribution in [0.1, 0.15) is 36.6 Å². The lowest BCUT2D eigenvalue weighted by molar-refractivity contribution is 0.131. The Labute approximate surface area is 175 Å². The Morgan fingerprint density at radius 2 is 1.59 bits per heavy atom. The van der Waals surface area contributed by atoms with Gasteiger partial charge in [0.1, 0.15) is 0 Å². The number of halogens is 2. The van der Waals surface area contributed by atoms with Crippen molar-refractivity contribution in [2.24, 2.45) is 16.8 Å². The number of nitrogens with one attached hydrogen (secondary N) is 1. The molecule has 0 saturated carbocycles. The topological polar surface area (TPSA) is 53.6 Å². The van der Waals surface area contributed by atoms with Gasteiger partial charge in [-0.1, -0.05) is 54.4 Å². The Kier molecular flexibility index (Phi) is 6.37. The normalized spacial score (nSPS) is 24.7. The molecule has 1 fully saturated rings. The third-order valence-corrected chi connectivity index (χ3v) is 5.70. The van der Waals surface area contributed by atoms with Crippen LogP contribution in [-0.4, -0.2) is 22.8 Å².